The first kappa shape index (κ1) is 21.9. The van der Waals surface area contributed by atoms with Gasteiger partial charge >= 0.3 is 0 Å². The largest absolute Gasteiger partial charge is 0.350 e. The molecule has 2 saturated carbocycles. The summed E-state index contributed by atoms with van der Waals surface area (Å²) in [5.74, 6) is 1.32. The Kier molecular flexibility index (Phi) is 5.85. The van der Waals surface area contributed by atoms with E-state index in [1.165, 1.54) is 6.42 Å². The molecule has 3 unspecified atom stereocenters. The number of aromatic nitrogens is 2. The number of carbonyl (C=O) groups is 2. The van der Waals surface area contributed by atoms with E-state index in [0.29, 0.717) is 23.6 Å². The fourth-order valence-corrected chi connectivity index (χ4v) is 5.88. The van der Waals surface area contributed by atoms with Gasteiger partial charge in [0.05, 0.1) is 0 Å². The van der Waals surface area contributed by atoms with Crippen LogP contribution >= 0.6 is 0 Å². The van der Waals surface area contributed by atoms with Gasteiger partial charge in [0.1, 0.15) is 17.0 Å². The van der Waals surface area contributed by atoms with Crippen LogP contribution in [0, 0.1) is 17.3 Å². The molecule has 2 aliphatic carbocycles. The van der Waals surface area contributed by atoms with Crippen LogP contribution in [0.2, 0.25) is 0 Å². The van der Waals surface area contributed by atoms with E-state index in [2.05, 4.69) is 39.9 Å². The number of imidazole rings is 1. The van der Waals surface area contributed by atoms with Gasteiger partial charge in [-0.05, 0) is 87.6 Å². The second-order valence-electron chi connectivity index (χ2n) is 10.3. The molecule has 7 nitrogen and oxygen atoms in total. The molecule has 7 heteroatoms. The first-order valence-electron chi connectivity index (χ1n) is 12.1. The highest BCUT2D eigenvalue weighted by atomic mass is 16.2. The summed E-state index contributed by atoms with van der Waals surface area (Å²) >= 11 is 0. The number of amides is 2. The van der Waals surface area contributed by atoms with Crippen LogP contribution in [-0.4, -0.2) is 58.8 Å². The van der Waals surface area contributed by atoms with Crippen LogP contribution in [0.1, 0.15) is 59.5 Å². The number of piperidine rings is 1. The number of rotatable bonds is 7. The van der Waals surface area contributed by atoms with E-state index in [1.54, 1.807) is 16.7 Å². The fraction of sp³-hybridized carbons (Fsp3) is 0.538. The number of nitrogens with one attached hydrogen (secondary N) is 2. The Labute approximate surface area is 194 Å². The average molecular weight is 448 g/mol. The number of likely N-dealkylation sites (N-methyl/N-ethyl adjacent to an activating group) is 1. The number of nitrogens with zero attached hydrogens (tertiary/aromatic N) is 3. The summed E-state index contributed by atoms with van der Waals surface area (Å²) in [6.45, 7) is 6.25. The van der Waals surface area contributed by atoms with Crippen LogP contribution in [0.4, 0.5) is 0 Å². The van der Waals surface area contributed by atoms with E-state index in [4.69, 9.17) is 0 Å². The van der Waals surface area contributed by atoms with E-state index in [9.17, 15) is 9.59 Å². The van der Waals surface area contributed by atoms with Gasteiger partial charge in [0, 0.05) is 25.3 Å². The van der Waals surface area contributed by atoms with Crippen molar-refractivity contribution in [2.75, 3.05) is 26.7 Å². The standard InChI is InChI=1S/C26H33N5O2/c1-3-4-10-26(13-18-12-19(18)14-26)17-27-25(33)22-8-5-9-23-29-21(16-31(22)23)24(32)28-20-7-6-11-30(2)15-20/h4-5,8-9,16,18-20H,1,6-7,10-15,17H2,2H3,(H,27,33)(H,28,32). The van der Waals surface area contributed by atoms with Gasteiger partial charge in [-0.3, -0.25) is 14.0 Å². The van der Waals surface area contributed by atoms with E-state index in [0.717, 1.165) is 57.0 Å². The van der Waals surface area contributed by atoms with Gasteiger partial charge in [-0.1, -0.05) is 12.6 Å². The van der Waals surface area contributed by atoms with Gasteiger partial charge in [-0.2, -0.15) is 0 Å². The van der Waals surface area contributed by atoms with Gasteiger partial charge in [0.2, 0.25) is 0 Å². The minimum atomic E-state index is -0.189. The number of likely N-dealkylation sites (tertiary alicyclic amines) is 1. The normalized spacial score (nSPS) is 28.7. The summed E-state index contributed by atoms with van der Waals surface area (Å²) in [6, 6.07) is 5.55. The molecule has 2 aromatic rings. The maximum Gasteiger partial charge on any atom is 0.271 e. The van der Waals surface area contributed by atoms with Gasteiger partial charge < -0.3 is 15.5 Å². The van der Waals surface area contributed by atoms with Crippen molar-refractivity contribution >= 4 is 17.5 Å². The highest BCUT2D eigenvalue weighted by molar-refractivity contribution is 5.95. The minimum Gasteiger partial charge on any atom is -0.350 e. The number of allylic oxidation sites excluding steroid dienone is 1. The highest BCUT2D eigenvalue weighted by Gasteiger charge is 2.53. The molecule has 3 atom stereocenters. The first-order valence-corrected chi connectivity index (χ1v) is 12.1. The fourth-order valence-electron chi connectivity index (χ4n) is 5.88. The number of hydrogen-bond acceptors (Lipinski definition) is 4. The molecule has 3 aliphatic rings. The third-order valence-corrected chi connectivity index (χ3v) is 7.68. The van der Waals surface area contributed by atoms with Crippen molar-refractivity contribution in [3.63, 3.8) is 0 Å². The predicted molar refractivity (Wildman–Crippen MR) is 127 cm³/mol. The zero-order valence-electron chi connectivity index (χ0n) is 19.3. The molecule has 2 amide bonds. The van der Waals surface area contributed by atoms with E-state index < -0.39 is 0 Å². The zero-order chi connectivity index (χ0) is 23.0. The van der Waals surface area contributed by atoms with Crippen LogP contribution in [0.5, 0.6) is 0 Å². The molecule has 2 N–H and O–H groups in total. The van der Waals surface area contributed by atoms with Crippen LogP contribution in [0.25, 0.3) is 5.65 Å². The van der Waals surface area contributed by atoms with Gasteiger partial charge in [0.25, 0.3) is 11.8 Å². The molecule has 2 aromatic heterocycles. The van der Waals surface area contributed by atoms with Crippen molar-refractivity contribution in [2.24, 2.45) is 17.3 Å². The van der Waals surface area contributed by atoms with E-state index in [-0.39, 0.29) is 23.3 Å². The SMILES string of the molecule is C=C=CCC1(CNC(=O)c2cccc3nc(C(=O)NC4CCCN(C)C4)cn23)CC2CC2C1. The Morgan fingerprint density at radius 3 is 2.88 bits per heavy atom. The molecule has 5 rings (SSSR count). The number of pyridine rings is 1. The lowest BCUT2D eigenvalue weighted by atomic mass is 9.79. The summed E-state index contributed by atoms with van der Waals surface area (Å²) < 4.78 is 1.72. The second-order valence-corrected chi connectivity index (χ2v) is 10.3. The molecular formula is C26H33N5O2. The molecular weight excluding hydrogens is 414 g/mol. The Hall–Kier alpha value is -2.89. The monoisotopic (exact) mass is 447 g/mol. The Bertz CT molecular complexity index is 1110. The lowest BCUT2D eigenvalue weighted by Crippen LogP contribution is -2.46. The highest BCUT2D eigenvalue weighted by Crippen LogP contribution is 2.61. The van der Waals surface area contributed by atoms with Crippen molar-refractivity contribution in [1.82, 2.24) is 24.9 Å². The lowest BCUT2D eigenvalue weighted by molar-refractivity contribution is 0.0902. The molecule has 3 heterocycles. The van der Waals surface area contributed by atoms with Crippen LogP contribution in [-0.2, 0) is 0 Å². The van der Waals surface area contributed by atoms with Gasteiger partial charge in [0.15, 0.2) is 0 Å². The lowest BCUT2D eigenvalue weighted by Gasteiger charge is -2.30. The molecule has 0 radical (unpaired) electrons. The maximum atomic E-state index is 13.2. The van der Waals surface area contributed by atoms with Crippen molar-refractivity contribution in [1.29, 1.82) is 0 Å². The summed E-state index contributed by atoms with van der Waals surface area (Å²) in [7, 11) is 2.07. The van der Waals surface area contributed by atoms with Crippen LogP contribution in [0.3, 0.4) is 0 Å². The van der Waals surface area contributed by atoms with Crippen molar-refractivity contribution in [3.05, 3.63) is 54.2 Å². The summed E-state index contributed by atoms with van der Waals surface area (Å²) in [6.07, 6.45) is 10.3. The van der Waals surface area contributed by atoms with E-state index >= 15 is 0 Å². The third kappa shape index (κ3) is 4.61. The minimum absolute atomic E-state index is 0.106. The third-order valence-electron chi connectivity index (χ3n) is 7.68. The molecule has 3 fully saturated rings. The smallest absolute Gasteiger partial charge is 0.271 e. The van der Waals surface area contributed by atoms with Crippen molar-refractivity contribution < 1.29 is 9.59 Å². The number of hydrogen-bond donors (Lipinski definition) is 2. The Morgan fingerprint density at radius 2 is 2.12 bits per heavy atom. The second kappa shape index (κ2) is 8.81. The summed E-state index contributed by atoms with van der Waals surface area (Å²) in [4.78, 5) is 32.7. The molecule has 0 bridgehead atoms. The van der Waals surface area contributed by atoms with Gasteiger partial charge in [-0.25, -0.2) is 4.98 Å². The number of fused-ring (bicyclic) bond motifs is 2. The zero-order valence-corrected chi connectivity index (χ0v) is 19.3. The first-order chi connectivity index (χ1) is 16.0. The Morgan fingerprint density at radius 1 is 1.30 bits per heavy atom. The predicted octanol–water partition coefficient (Wildman–Crippen LogP) is 3.04. The molecule has 174 valence electrons. The number of carbonyl (C=O) groups excluding carboxylic acids is 2. The molecule has 33 heavy (non-hydrogen) atoms. The molecule has 0 spiro atoms. The van der Waals surface area contributed by atoms with Crippen molar-refractivity contribution in [2.45, 2.75) is 44.6 Å². The topological polar surface area (TPSA) is 78.7 Å². The molecule has 1 saturated heterocycles. The van der Waals surface area contributed by atoms with Crippen LogP contribution < -0.4 is 10.6 Å². The Balaban J connectivity index is 1.29. The summed E-state index contributed by atoms with van der Waals surface area (Å²) in [5, 5.41) is 6.27. The maximum absolute atomic E-state index is 13.2. The quantitative estimate of drug-likeness (QED) is 0.640. The van der Waals surface area contributed by atoms with Gasteiger partial charge in [-0.15, -0.1) is 5.73 Å². The van der Waals surface area contributed by atoms with E-state index in [1.807, 2.05) is 18.2 Å². The van der Waals surface area contributed by atoms with Crippen molar-refractivity contribution in [3.8, 4) is 0 Å². The summed E-state index contributed by atoms with van der Waals surface area (Å²) in [5.41, 5.74) is 4.43. The van der Waals surface area contributed by atoms with Crippen LogP contribution in [0.15, 0.2) is 42.8 Å². The average Bonchev–Trinajstić information content (AvgIpc) is 3.21. The molecule has 0 aromatic carbocycles. The molecule has 1 aliphatic heterocycles.